The van der Waals surface area contributed by atoms with Gasteiger partial charge in [0.05, 0.1) is 5.60 Å². The first-order valence-corrected chi connectivity index (χ1v) is 8.83. The molecule has 3 fully saturated rings. The summed E-state index contributed by atoms with van der Waals surface area (Å²) in [6.45, 7) is 6.60. The van der Waals surface area contributed by atoms with Crippen LogP contribution < -0.4 is 5.32 Å². The van der Waals surface area contributed by atoms with Gasteiger partial charge in [-0.15, -0.1) is 0 Å². The summed E-state index contributed by atoms with van der Waals surface area (Å²) in [5, 5.41) is 3.66. The van der Waals surface area contributed by atoms with Crippen molar-refractivity contribution in [2.45, 2.75) is 83.0 Å². The number of fused-ring (bicyclic) bond motifs is 2. The summed E-state index contributed by atoms with van der Waals surface area (Å²) < 4.78 is 5.69. The molecular formula is C18H32N2O2. The minimum atomic E-state index is -0.111. The number of carbonyl (C=O) groups excluding carboxylic acids is 1. The summed E-state index contributed by atoms with van der Waals surface area (Å²) in [4.78, 5) is 14.7. The molecule has 22 heavy (non-hydrogen) atoms. The molecule has 2 bridgehead atoms. The van der Waals surface area contributed by atoms with Crippen LogP contribution in [0.2, 0.25) is 0 Å². The van der Waals surface area contributed by atoms with E-state index < -0.39 is 0 Å². The average Bonchev–Trinajstić information content (AvgIpc) is 2.82. The molecule has 4 heteroatoms. The van der Waals surface area contributed by atoms with Gasteiger partial charge in [-0.1, -0.05) is 13.8 Å². The standard InChI is InChI=1S/C18H32N2O2/c1-17(2)15(11-18(17,3)22-5)20(4)16(21)10-12-8-13-6-7-14(9-12)19-13/h12-15,19H,6-11H2,1-5H3. The van der Waals surface area contributed by atoms with Crippen LogP contribution in [0.3, 0.4) is 0 Å². The number of nitrogens with one attached hydrogen (secondary N) is 1. The summed E-state index contributed by atoms with van der Waals surface area (Å²) in [5.41, 5.74) is -0.0978. The number of methoxy groups -OCH3 is 1. The van der Waals surface area contributed by atoms with Crippen molar-refractivity contribution < 1.29 is 9.53 Å². The first-order valence-electron chi connectivity index (χ1n) is 8.83. The normalized spacial score (nSPS) is 42.8. The molecular weight excluding hydrogens is 276 g/mol. The Morgan fingerprint density at radius 2 is 1.82 bits per heavy atom. The van der Waals surface area contributed by atoms with Gasteiger partial charge in [-0.25, -0.2) is 0 Å². The van der Waals surface area contributed by atoms with Gasteiger partial charge >= 0.3 is 0 Å². The van der Waals surface area contributed by atoms with E-state index >= 15 is 0 Å². The van der Waals surface area contributed by atoms with Crippen LogP contribution in [0.1, 0.15) is 59.3 Å². The van der Waals surface area contributed by atoms with Crippen LogP contribution in [0.5, 0.6) is 0 Å². The largest absolute Gasteiger partial charge is 0.378 e. The Morgan fingerprint density at radius 3 is 2.32 bits per heavy atom. The Labute approximate surface area is 135 Å². The number of rotatable bonds is 4. The molecule has 2 heterocycles. The van der Waals surface area contributed by atoms with Gasteiger partial charge in [0.2, 0.25) is 5.91 Å². The first kappa shape index (κ1) is 16.3. The van der Waals surface area contributed by atoms with Gasteiger partial charge in [0.25, 0.3) is 0 Å². The Kier molecular flexibility index (Phi) is 4.05. The van der Waals surface area contributed by atoms with E-state index in [0.717, 1.165) is 12.8 Å². The number of carbonyl (C=O) groups is 1. The third-order valence-corrected chi connectivity index (χ3v) is 7.12. The predicted octanol–water partition coefficient (Wildman–Crippen LogP) is 2.57. The van der Waals surface area contributed by atoms with Crippen molar-refractivity contribution in [3.05, 3.63) is 0 Å². The topological polar surface area (TPSA) is 41.6 Å². The monoisotopic (exact) mass is 308 g/mol. The molecule has 0 aromatic carbocycles. The van der Waals surface area contributed by atoms with Crippen LogP contribution in [0.25, 0.3) is 0 Å². The second kappa shape index (κ2) is 5.48. The molecule has 0 radical (unpaired) electrons. The van der Waals surface area contributed by atoms with Gasteiger partial charge < -0.3 is 15.0 Å². The lowest BCUT2D eigenvalue weighted by Gasteiger charge is -2.61. The minimum absolute atomic E-state index is 0.0132. The van der Waals surface area contributed by atoms with E-state index in [0.29, 0.717) is 30.0 Å². The van der Waals surface area contributed by atoms with Crippen LogP contribution in [0.15, 0.2) is 0 Å². The van der Waals surface area contributed by atoms with E-state index in [9.17, 15) is 4.79 Å². The molecule has 0 spiro atoms. The number of hydrogen-bond acceptors (Lipinski definition) is 3. The van der Waals surface area contributed by atoms with Crippen molar-refractivity contribution in [3.63, 3.8) is 0 Å². The van der Waals surface area contributed by atoms with Gasteiger partial charge in [0.1, 0.15) is 0 Å². The summed E-state index contributed by atoms with van der Waals surface area (Å²) in [5.74, 6) is 0.897. The highest BCUT2D eigenvalue weighted by molar-refractivity contribution is 5.77. The lowest BCUT2D eigenvalue weighted by atomic mass is 9.55. The van der Waals surface area contributed by atoms with Crippen molar-refractivity contribution in [1.29, 1.82) is 0 Å². The smallest absolute Gasteiger partial charge is 0.222 e. The van der Waals surface area contributed by atoms with E-state index in [1.165, 1.54) is 25.7 Å². The van der Waals surface area contributed by atoms with Crippen LogP contribution in [-0.4, -0.2) is 48.7 Å². The highest BCUT2D eigenvalue weighted by Gasteiger charge is 2.59. The van der Waals surface area contributed by atoms with Gasteiger partial charge in [0.15, 0.2) is 0 Å². The first-order chi connectivity index (χ1) is 10.3. The van der Waals surface area contributed by atoms with Gasteiger partial charge in [0, 0.05) is 44.1 Å². The maximum atomic E-state index is 12.7. The van der Waals surface area contributed by atoms with Crippen molar-refractivity contribution in [3.8, 4) is 0 Å². The van der Waals surface area contributed by atoms with Crippen LogP contribution in [0.4, 0.5) is 0 Å². The minimum Gasteiger partial charge on any atom is -0.378 e. The van der Waals surface area contributed by atoms with Crippen LogP contribution in [0, 0.1) is 11.3 Å². The van der Waals surface area contributed by atoms with Crippen molar-refractivity contribution in [1.82, 2.24) is 10.2 Å². The molecule has 0 aromatic rings. The van der Waals surface area contributed by atoms with Gasteiger partial charge in [-0.2, -0.15) is 0 Å². The molecule has 1 N–H and O–H groups in total. The summed E-state index contributed by atoms with van der Waals surface area (Å²) in [6.07, 6.45) is 6.62. The van der Waals surface area contributed by atoms with Gasteiger partial charge in [-0.3, -0.25) is 4.79 Å². The fourth-order valence-corrected chi connectivity index (χ4v) is 4.98. The number of nitrogens with zero attached hydrogens (tertiary/aromatic N) is 1. The maximum Gasteiger partial charge on any atom is 0.222 e. The van der Waals surface area contributed by atoms with Gasteiger partial charge in [-0.05, 0) is 44.9 Å². The predicted molar refractivity (Wildman–Crippen MR) is 87.7 cm³/mol. The summed E-state index contributed by atoms with van der Waals surface area (Å²) in [7, 11) is 3.77. The molecule has 1 saturated carbocycles. The molecule has 126 valence electrons. The zero-order chi connectivity index (χ0) is 16.1. The molecule has 4 atom stereocenters. The molecule has 1 aliphatic carbocycles. The van der Waals surface area contributed by atoms with E-state index in [-0.39, 0.29) is 11.0 Å². The zero-order valence-corrected chi connectivity index (χ0v) is 14.8. The molecule has 3 rings (SSSR count). The van der Waals surface area contributed by atoms with Crippen LogP contribution in [-0.2, 0) is 9.53 Å². The number of hydrogen-bond donors (Lipinski definition) is 1. The van der Waals surface area contributed by atoms with E-state index in [1.807, 2.05) is 11.9 Å². The van der Waals surface area contributed by atoms with Crippen molar-refractivity contribution >= 4 is 5.91 Å². The fourth-order valence-electron chi connectivity index (χ4n) is 4.98. The Balaban J connectivity index is 1.57. The Morgan fingerprint density at radius 1 is 1.23 bits per heavy atom. The van der Waals surface area contributed by atoms with E-state index in [1.54, 1.807) is 7.11 Å². The lowest BCUT2D eigenvalue weighted by molar-refractivity contribution is -0.207. The fraction of sp³-hybridized carbons (Fsp3) is 0.944. The molecule has 0 aromatic heterocycles. The second-order valence-corrected chi connectivity index (χ2v) is 8.56. The SMILES string of the molecule is COC1(C)CC(N(C)C(=O)CC2CC3CCC(C2)N3)C1(C)C. The molecule has 4 nitrogen and oxygen atoms in total. The third-order valence-electron chi connectivity index (χ3n) is 7.12. The quantitative estimate of drug-likeness (QED) is 0.868. The van der Waals surface area contributed by atoms with E-state index in [4.69, 9.17) is 4.74 Å². The molecule has 4 unspecified atom stereocenters. The second-order valence-electron chi connectivity index (χ2n) is 8.56. The molecule has 2 aliphatic heterocycles. The molecule has 3 aliphatic rings. The van der Waals surface area contributed by atoms with Crippen molar-refractivity contribution in [2.24, 2.45) is 11.3 Å². The Hall–Kier alpha value is -0.610. The number of ether oxygens (including phenoxy) is 1. The summed E-state index contributed by atoms with van der Waals surface area (Å²) in [6, 6.07) is 1.63. The van der Waals surface area contributed by atoms with Crippen molar-refractivity contribution in [2.75, 3.05) is 14.2 Å². The highest BCUT2D eigenvalue weighted by Crippen LogP contribution is 2.53. The Bertz CT molecular complexity index is 438. The average molecular weight is 308 g/mol. The van der Waals surface area contributed by atoms with E-state index in [2.05, 4.69) is 26.1 Å². The molecule has 2 saturated heterocycles. The highest BCUT2D eigenvalue weighted by atomic mass is 16.5. The number of amides is 1. The number of piperidine rings is 1. The molecule has 1 amide bonds. The van der Waals surface area contributed by atoms with Crippen LogP contribution >= 0.6 is 0 Å². The zero-order valence-electron chi connectivity index (χ0n) is 14.8. The maximum absolute atomic E-state index is 12.7. The third kappa shape index (κ3) is 2.48. The lowest BCUT2D eigenvalue weighted by Crippen LogP contribution is -2.68. The summed E-state index contributed by atoms with van der Waals surface area (Å²) >= 11 is 0.